The fraction of sp³-hybridized carbons (Fsp3) is 0.435. The number of hydrogen-bond donors (Lipinski definition) is 0. The van der Waals surface area contributed by atoms with Crippen LogP contribution in [0.25, 0.3) is 5.69 Å². The van der Waals surface area contributed by atoms with Gasteiger partial charge in [-0.1, -0.05) is 37.5 Å². The van der Waals surface area contributed by atoms with Crippen molar-refractivity contribution in [1.82, 2.24) is 24.5 Å². The van der Waals surface area contributed by atoms with Crippen LogP contribution in [0, 0.1) is 12.8 Å². The third-order valence-electron chi connectivity index (χ3n) is 6.13. The van der Waals surface area contributed by atoms with Crippen molar-refractivity contribution in [3.63, 3.8) is 0 Å². The lowest BCUT2D eigenvalue weighted by atomic mass is 9.89. The van der Waals surface area contributed by atoms with Crippen molar-refractivity contribution in [2.24, 2.45) is 5.92 Å². The first kappa shape index (κ1) is 22.4. The Morgan fingerprint density at radius 1 is 1.12 bits per heavy atom. The largest absolute Gasteiger partial charge is 0.496 e. The lowest BCUT2D eigenvalue weighted by Gasteiger charge is -2.30. The van der Waals surface area contributed by atoms with Gasteiger partial charge in [-0.15, -0.1) is 5.10 Å². The number of para-hydroxylation sites is 1. The number of benzene rings is 2. The molecule has 0 atom stereocenters. The van der Waals surface area contributed by atoms with Crippen LogP contribution >= 0.6 is 0 Å². The molecule has 2 aromatic carbocycles. The maximum Gasteiger partial charge on any atom is 0.243 e. The van der Waals surface area contributed by atoms with Crippen molar-refractivity contribution in [3.8, 4) is 11.4 Å². The molecule has 1 aromatic heterocycles. The Bertz CT molecular complexity index is 1140. The average Bonchev–Trinajstić information content (AvgIpc) is 3.34. The molecule has 0 bridgehead atoms. The second kappa shape index (κ2) is 9.79. The molecule has 0 unspecified atom stereocenters. The molecule has 0 N–H and O–H groups in total. The fourth-order valence-electron chi connectivity index (χ4n) is 4.40. The van der Waals surface area contributed by atoms with E-state index >= 15 is 0 Å². The van der Waals surface area contributed by atoms with E-state index in [9.17, 15) is 8.42 Å². The van der Waals surface area contributed by atoms with Crippen LogP contribution < -0.4 is 4.74 Å². The van der Waals surface area contributed by atoms with E-state index < -0.39 is 10.0 Å². The van der Waals surface area contributed by atoms with Crippen LogP contribution in [0.3, 0.4) is 0 Å². The predicted octanol–water partition coefficient (Wildman–Crippen LogP) is 3.75. The Kier molecular flexibility index (Phi) is 6.86. The molecule has 0 radical (unpaired) electrons. The molecular weight excluding hydrogens is 426 g/mol. The Morgan fingerprint density at radius 3 is 2.59 bits per heavy atom. The zero-order chi connectivity index (χ0) is 22.6. The summed E-state index contributed by atoms with van der Waals surface area (Å²) in [6.45, 7) is 2.65. The molecule has 0 aliphatic heterocycles. The van der Waals surface area contributed by atoms with Gasteiger partial charge in [0.1, 0.15) is 12.1 Å². The van der Waals surface area contributed by atoms with Crippen molar-refractivity contribution in [2.45, 2.75) is 50.5 Å². The molecule has 1 heterocycles. The monoisotopic (exact) mass is 455 g/mol. The first-order valence-corrected chi connectivity index (χ1v) is 12.4. The maximum absolute atomic E-state index is 13.8. The topological polar surface area (TPSA) is 90.2 Å². The Labute approximate surface area is 189 Å². The van der Waals surface area contributed by atoms with Gasteiger partial charge in [-0.2, -0.15) is 4.31 Å². The number of rotatable bonds is 8. The summed E-state index contributed by atoms with van der Waals surface area (Å²) in [4.78, 5) is 0.275. The summed E-state index contributed by atoms with van der Waals surface area (Å²) < 4.78 is 36.2. The summed E-state index contributed by atoms with van der Waals surface area (Å²) in [5.74, 6) is 1.07. The summed E-state index contributed by atoms with van der Waals surface area (Å²) >= 11 is 0. The van der Waals surface area contributed by atoms with E-state index in [0.29, 0.717) is 18.2 Å². The van der Waals surface area contributed by atoms with Crippen LogP contribution in [-0.2, 0) is 16.6 Å². The van der Waals surface area contributed by atoms with E-state index in [1.807, 2.05) is 31.2 Å². The van der Waals surface area contributed by atoms with Crippen LogP contribution in [0.4, 0.5) is 0 Å². The molecule has 1 aliphatic carbocycles. The van der Waals surface area contributed by atoms with E-state index in [4.69, 9.17) is 4.74 Å². The summed E-state index contributed by atoms with van der Waals surface area (Å²) in [6, 6.07) is 12.7. The van der Waals surface area contributed by atoms with Gasteiger partial charge in [-0.05, 0) is 65.9 Å². The summed E-state index contributed by atoms with van der Waals surface area (Å²) in [5.41, 5.74) is 2.39. The number of hydrogen-bond acceptors (Lipinski definition) is 6. The Morgan fingerprint density at radius 2 is 1.91 bits per heavy atom. The lowest BCUT2D eigenvalue weighted by molar-refractivity contribution is 0.273. The van der Waals surface area contributed by atoms with Gasteiger partial charge in [0.2, 0.25) is 10.0 Å². The highest BCUT2D eigenvalue weighted by molar-refractivity contribution is 7.89. The molecule has 0 saturated heterocycles. The molecule has 0 spiro atoms. The normalized spacial score (nSPS) is 15.2. The lowest BCUT2D eigenvalue weighted by Crippen LogP contribution is -2.35. The van der Waals surface area contributed by atoms with Crippen molar-refractivity contribution < 1.29 is 13.2 Å². The van der Waals surface area contributed by atoms with E-state index in [-0.39, 0.29) is 11.4 Å². The minimum absolute atomic E-state index is 0.274. The van der Waals surface area contributed by atoms with Gasteiger partial charge in [-0.25, -0.2) is 13.1 Å². The van der Waals surface area contributed by atoms with Gasteiger partial charge < -0.3 is 4.74 Å². The molecule has 4 rings (SSSR count). The zero-order valence-corrected chi connectivity index (χ0v) is 19.3. The second-order valence-electron chi connectivity index (χ2n) is 8.32. The molecule has 170 valence electrons. The highest BCUT2D eigenvalue weighted by Gasteiger charge is 2.29. The van der Waals surface area contributed by atoms with Crippen LogP contribution in [0.15, 0.2) is 53.7 Å². The number of aryl methyl sites for hydroxylation is 1. The van der Waals surface area contributed by atoms with Gasteiger partial charge in [0.05, 0.1) is 17.7 Å². The molecular formula is C23H29N5O3S. The summed E-state index contributed by atoms with van der Waals surface area (Å²) in [5, 5.41) is 11.2. The van der Waals surface area contributed by atoms with E-state index in [0.717, 1.165) is 42.5 Å². The quantitative estimate of drug-likeness (QED) is 0.514. The molecule has 1 aliphatic rings. The first-order chi connectivity index (χ1) is 15.5. The van der Waals surface area contributed by atoms with Gasteiger partial charge >= 0.3 is 0 Å². The van der Waals surface area contributed by atoms with Crippen molar-refractivity contribution in [2.75, 3.05) is 13.7 Å². The van der Waals surface area contributed by atoms with Gasteiger partial charge in [0.25, 0.3) is 0 Å². The molecule has 8 nitrogen and oxygen atoms in total. The summed E-state index contributed by atoms with van der Waals surface area (Å²) in [7, 11) is -2.10. The number of tetrazole rings is 1. The molecule has 1 saturated carbocycles. The van der Waals surface area contributed by atoms with Gasteiger partial charge in [0, 0.05) is 18.7 Å². The van der Waals surface area contributed by atoms with Crippen LogP contribution in [0.5, 0.6) is 5.75 Å². The number of aromatic nitrogens is 4. The average molecular weight is 456 g/mol. The SMILES string of the molecule is COc1ccccc1CN(CC1CCCCC1)S(=O)(=O)c1ccc(-n2cnnn2)c(C)c1. The Hall–Kier alpha value is -2.78. The highest BCUT2D eigenvalue weighted by atomic mass is 32.2. The highest BCUT2D eigenvalue weighted by Crippen LogP contribution is 2.30. The first-order valence-electron chi connectivity index (χ1n) is 10.9. The van der Waals surface area contributed by atoms with Gasteiger partial charge in [-0.3, -0.25) is 0 Å². The molecule has 1 fully saturated rings. The van der Waals surface area contributed by atoms with Crippen molar-refractivity contribution in [3.05, 3.63) is 59.9 Å². The number of sulfonamides is 1. The molecule has 9 heteroatoms. The van der Waals surface area contributed by atoms with Gasteiger partial charge in [0.15, 0.2) is 0 Å². The third-order valence-corrected chi connectivity index (χ3v) is 7.94. The van der Waals surface area contributed by atoms with Crippen molar-refractivity contribution in [1.29, 1.82) is 0 Å². The van der Waals surface area contributed by atoms with E-state index in [1.165, 1.54) is 17.4 Å². The van der Waals surface area contributed by atoms with E-state index in [1.54, 1.807) is 29.6 Å². The number of ether oxygens (including phenoxy) is 1. The molecule has 3 aromatic rings. The molecule has 0 amide bonds. The van der Waals surface area contributed by atoms with Crippen molar-refractivity contribution >= 4 is 10.0 Å². The zero-order valence-electron chi connectivity index (χ0n) is 18.5. The van der Waals surface area contributed by atoms with Crippen LogP contribution in [0.1, 0.15) is 43.2 Å². The van der Waals surface area contributed by atoms with Crippen LogP contribution in [0.2, 0.25) is 0 Å². The summed E-state index contributed by atoms with van der Waals surface area (Å²) in [6.07, 6.45) is 7.17. The minimum Gasteiger partial charge on any atom is -0.496 e. The number of nitrogens with zero attached hydrogens (tertiary/aromatic N) is 5. The molecule has 32 heavy (non-hydrogen) atoms. The standard InChI is InChI=1S/C23H29N5O3S/c1-18-14-21(12-13-22(18)28-17-24-25-26-28)32(29,30)27(15-19-8-4-3-5-9-19)16-20-10-6-7-11-23(20)31-2/h6-7,10-14,17,19H,3-5,8-9,15-16H2,1-2H3. The maximum atomic E-state index is 13.8. The van der Waals surface area contributed by atoms with E-state index in [2.05, 4.69) is 15.5 Å². The number of methoxy groups -OCH3 is 1. The Balaban J connectivity index is 1.67. The smallest absolute Gasteiger partial charge is 0.243 e. The van der Waals surface area contributed by atoms with Crippen LogP contribution in [-0.4, -0.2) is 46.6 Å². The third kappa shape index (κ3) is 4.83. The second-order valence-corrected chi connectivity index (χ2v) is 10.3. The fourth-order valence-corrected chi connectivity index (χ4v) is 5.98. The minimum atomic E-state index is -3.71. The predicted molar refractivity (Wildman–Crippen MR) is 121 cm³/mol.